The summed E-state index contributed by atoms with van der Waals surface area (Å²) in [6, 6.07) is 9.85. The maximum atomic E-state index is 14.7. The topological polar surface area (TPSA) is 73.6 Å². The third kappa shape index (κ3) is 3.58. The van der Waals surface area contributed by atoms with E-state index >= 15 is 0 Å². The molecule has 0 amide bonds. The van der Waals surface area contributed by atoms with Crippen LogP contribution in [0.5, 0.6) is 5.75 Å². The molecule has 11 heteroatoms. The second-order valence-corrected chi connectivity index (χ2v) is 8.37. The molecular formula is C21H11F5O5S. The molecule has 0 spiro atoms. The summed E-state index contributed by atoms with van der Waals surface area (Å²) >= 11 is 0. The van der Waals surface area contributed by atoms with Gasteiger partial charge in [-0.15, -0.1) is 0 Å². The zero-order chi connectivity index (χ0) is 23.4. The molecule has 5 nitrogen and oxygen atoms in total. The Morgan fingerprint density at radius 3 is 2.28 bits per heavy atom. The number of halogens is 5. The monoisotopic (exact) mass is 470 g/mol. The number of rotatable bonds is 3. The third-order valence-electron chi connectivity index (χ3n) is 4.72. The van der Waals surface area contributed by atoms with Gasteiger partial charge in [-0.2, -0.15) is 21.6 Å². The van der Waals surface area contributed by atoms with Crippen LogP contribution >= 0.6 is 0 Å². The van der Waals surface area contributed by atoms with Gasteiger partial charge in [-0.05, 0) is 30.2 Å². The molecule has 0 unspecified atom stereocenters. The van der Waals surface area contributed by atoms with E-state index in [0.717, 1.165) is 18.2 Å². The Morgan fingerprint density at radius 1 is 0.938 bits per heavy atom. The van der Waals surface area contributed by atoms with Gasteiger partial charge in [-0.25, -0.2) is 8.78 Å². The van der Waals surface area contributed by atoms with Crippen LogP contribution in [-0.4, -0.2) is 13.9 Å². The van der Waals surface area contributed by atoms with Crippen LogP contribution in [-0.2, 0) is 10.1 Å². The molecule has 2 aromatic carbocycles. The van der Waals surface area contributed by atoms with Crippen molar-refractivity contribution >= 4 is 21.1 Å². The number of aryl methyl sites for hydroxylation is 1. The van der Waals surface area contributed by atoms with Gasteiger partial charge >= 0.3 is 15.6 Å². The van der Waals surface area contributed by atoms with Crippen LogP contribution in [0.25, 0.3) is 33.4 Å². The fourth-order valence-electron chi connectivity index (χ4n) is 3.27. The fraction of sp³-hybridized carbons (Fsp3) is 0.0952. The summed E-state index contributed by atoms with van der Waals surface area (Å²) in [6.07, 6.45) is 0. The van der Waals surface area contributed by atoms with Crippen LogP contribution in [0.15, 0.2) is 57.7 Å². The summed E-state index contributed by atoms with van der Waals surface area (Å²) < 4.78 is 98.7. The molecule has 2 aliphatic rings. The Bertz CT molecular complexity index is 1510. The summed E-state index contributed by atoms with van der Waals surface area (Å²) in [6.45, 7) is 1.72. The lowest BCUT2D eigenvalue weighted by Gasteiger charge is -2.18. The van der Waals surface area contributed by atoms with Gasteiger partial charge in [-0.3, -0.25) is 4.79 Å². The van der Waals surface area contributed by atoms with Crippen molar-refractivity contribution in [3.05, 3.63) is 76.0 Å². The summed E-state index contributed by atoms with van der Waals surface area (Å²) in [5.74, 6) is -3.90. The molecule has 0 saturated carbocycles. The van der Waals surface area contributed by atoms with Gasteiger partial charge in [0.25, 0.3) is 0 Å². The van der Waals surface area contributed by atoms with E-state index in [4.69, 9.17) is 4.42 Å². The lowest BCUT2D eigenvalue weighted by atomic mass is 9.91. The molecule has 0 radical (unpaired) electrons. The first-order chi connectivity index (χ1) is 14.9. The van der Waals surface area contributed by atoms with Crippen molar-refractivity contribution in [1.29, 1.82) is 0 Å². The number of hydrogen-bond donors (Lipinski definition) is 0. The Labute approximate surface area is 177 Å². The molecule has 2 aromatic rings. The van der Waals surface area contributed by atoms with Crippen LogP contribution in [0.3, 0.4) is 0 Å². The normalized spacial score (nSPS) is 12.4. The summed E-state index contributed by atoms with van der Waals surface area (Å²) in [7, 11) is -6.15. The number of hydrogen-bond acceptors (Lipinski definition) is 5. The highest BCUT2D eigenvalue weighted by Gasteiger charge is 2.49. The van der Waals surface area contributed by atoms with Gasteiger partial charge in [-0.1, -0.05) is 24.3 Å². The standard InChI is InChI=1S/C21H11F5O5S/c1-10-4-2-3-5-11(10)20-12-6-14(22)16(27)8-17(12)30-18-9-19(15(23)7-13(18)20)31-32(28,29)21(24,25)26/h2-9H,1H3. The molecule has 0 fully saturated rings. The Morgan fingerprint density at radius 2 is 1.62 bits per heavy atom. The number of fused-ring (bicyclic) bond motifs is 2. The van der Waals surface area contributed by atoms with E-state index in [0.29, 0.717) is 17.2 Å². The molecule has 0 N–H and O–H groups in total. The van der Waals surface area contributed by atoms with Crippen LogP contribution in [0, 0.1) is 18.6 Å². The molecule has 0 atom stereocenters. The van der Waals surface area contributed by atoms with Crippen LogP contribution in [0.1, 0.15) is 5.56 Å². The predicted octanol–water partition coefficient (Wildman–Crippen LogP) is 5.38. The molecule has 1 heterocycles. The highest BCUT2D eigenvalue weighted by Crippen LogP contribution is 2.43. The molecule has 32 heavy (non-hydrogen) atoms. The molecule has 0 aromatic heterocycles. The van der Waals surface area contributed by atoms with Crippen molar-refractivity contribution < 1.29 is 39.0 Å². The third-order valence-corrected chi connectivity index (χ3v) is 5.69. The van der Waals surface area contributed by atoms with Crippen molar-refractivity contribution in [3.63, 3.8) is 0 Å². The van der Waals surface area contributed by atoms with Gasteiger partial charge in [0, 0.05) is 28.6 Å². The van der Waals surface area contributed by atoms with Crippen molar-refractivity contribution in [2.24, 2.45) is 0 Å². The molecule has 0 bridgehead atoms. The van der Waals surface area contributed by atoms with E-state index in [1.165, 1.54) is 0 Å². The Balaban J connectivity index is 2.09. The van der Waals surface area contributed by atoms with E-state index in [1.54, 1.807) is 31.2 Å². The average Bonchev–Trinajstić information content (AvgIpc) is 2.68. The molecule has 0 saturated heterocycles. The first-order valence-electron chi connectivity index (χ1n) is 8.85. The minimum absolute atomic E-state index is 0.000828. The first kappa shape index (κ1) is 21.8. The zero-order valence-electron chi connectivity index (χ0n) is 16.0. The van der Waals surface area contributed by atoms with Crippen LogP contribution in [0.4, 0.5) is 22.0 Å². The van der Waals surface area contributed by atoms with E-state index in [9.17, 15) is 35.2 Å². The SMILES string of the molecule is Cc1ccccc1-c1c2cc(F)c(=O)cc-2oc2cc(OS(=O)(=O)C(F)(F)F)c(F)cc12. The average molecular weight is 470 g/mol. The lowest BCUT2D eigenvalue weighted by molar-refractivity contribution is -0.0500. The predicted molar refractivity (Wildman–Crippen MR) is 105 cm³/mol. The number of benzene rings is 3. The summed E-state index contributed by atoms with van der Waals surface area (Å²) in [4.78, 5) is 11.8. The van der Waals surface area contributed by atoms with Crippen LogP contribution in [0.2, 0.25) is 0 Å². The maximum absolute atomic E-state index is 14.7. The summed E-state index contributed by atoms with van der Waals surface area (Å²) in [5, 5.41) is -0.000828. The Kier molecular flexibility index (Phi) is 4.96. The van der Waals surface area contributed by atoms with E-state index < -0.39 is 38.4 Å². The molecule has 4 rings (SSSR count). The largest absolute Gasteiger partial charge is 0.534 e. The van der Waals surface area contributed by atoms with E-state index in [1.807, 2.05) is 0 Å². The summed E-state index contributed by atoms with van der Waals surface area (Å²) in [5.41, 5.74) is -5.52. The first-order valence-corrected chi connectivity index (χ1v) is 10.3. The fourth-order valence-corrected chi connectivity index (χ4v) is 3.72. The molecule has 166 valence electrons. The highest BCUT2D eigenvalue weighted by molar-refractivity contribution is 7.88. The van der Waals surface area contributed by atoms with Crippen LogP contribution < -0.4 is 9.61 Å². The van der Waals surface area contributed by atoms with Gasteiger partial charge in [0.2, 0.25) is 5.43 Å². The van der Waals surface area contributed by atoms with Gasteiger partial charge in [0.15, 0.2) is 17.4 Å². The second-order valence-electron chi connectivity index (χ2n) is 6.83. The van der Waals surface area contributed by atoms with E-state index in [2.05, 4.69) is 4.18 Å². The molecule has 1 aliphatic carbocycles. The maximum Gasteiger partial charge on any atom is 0.534 e. The molecule has 1 aliphatic heterocycles. The van der Waals surface area contributed by atoms with Crippen molar-refractivity contribution in [2.75, 3.05) is 0 Å². The van der Waals surface area contributed by atoms with Gasteiger partial charge in [0.1, 0.15) is 11.3 Å². The zero-order valence-corrected chi connectivity index (χ0v) is 16.8. The van der Waals surface area contributed by atoms with Gasteiger partial charge in [0.05, 0.1) is 0 Å². The molecular weight excluding hydrogens is 459 g/mol. The highest BCUT2D eigenvalue weighted by atomic mass is 32.2. The van der Waals surface area contributed by atoms with Crippen molar-refractivity contribution in [2.45, 2.75) is 12.4 Å². The number of alkyl halides is 3. The smallest absolute Gasteiger partial charge is 0.456 e. The quantitative estimate of drug-likeness (QED) is 0.174. The van der Waals surface area contributed by atoms with Crippen molar-refractivity contribution in [1.82, 2.24) is 0 Å². The lowest BCUT2D eigenvalue weighted by Crippen LogP contribution is -2.28. The Hall–Kier alpha value is -3.47. The van der Waals surface area contributed by atoms with Crippen molar-refractivity contribution in [3.8, 4) is 28.2 Å². The minimum Gasteiger partial charge on any atom is -0.456 e. The second kappa shape index (κ2) is 7.30. The minimum atomic E-state index is -6.15. The van der Waals surface area contributed by atoms with Gasteiger partial charge < -0.3 is 8.60 Å². The van der Waals surface area contributed by atoms with E-state index in [-0.39, 0.29) is 27.9 Å².